The zero-order valence-corrected chi connectivity index (χ0v) is 15.5. The molecule has 0 unspecified atom stereocenters. The lowest BCUT2D eigenvalue weighted by molar-refractivity contribution is -0.132. The summed E-state index contributed by atoms with van der Waals surface area (Å²) in [5.41, 5.74) is 3.17. The number of hydrogen-bond acceptors (Lipinski definition) is 2. The fourth-order valence-electron chi connectivity index (χ4n) is 6.76. The maximum Gasteiger partial charge on any atom is 0.331 e. The van der Waals surface area contributed by atoms with Crippen molar-refractivity contribution < 1.29 is 14.7 Å². The number of ketones is 1. The predicted octanol–water partition coefficient (Wildman–Crippen LogP) is 4.70. The van der Waals surface area contributed by atoms with E-state index in [4.69, 9.17) is 0 Å². The van der Waals surface area contributed by atoms with Gasteiger partial charge in [-0.05, 0) is 80.8 Å². The Labute approximate surface area is 149 Å². The zero-order chi connectivity index (χ0) is 18.0. The molecule has 0 saturated heterocycles. The van der Waals surface area contributed by atoms with E-state index in [1.165, 1.54) is 11.1 Å². The monoisotopic (exact) mass is 340 g/mol. The fourth-order valence-corrected chi connectivity index (χ4v) is 6.76. The third-order valence-corrected chi connectivity index (χ3v) is 8.11. The molecular formula is C22H28O3. The number of rotatable bonds is 1. The van der Waals surface area contributed by atoms with Gasteiger partial charge in [-0.1, -0.05) is 31.1 Å². The summed E-state index contributed by atoms with van der Waals surface area (Å²) in [7, 11) is 0. The highest BCUT2D eigenvalue weighted by Gasteiger charge is 2.57. The smallest absolute Gasteiger partial charge is 0.331 e. The molecule has 0 bridgehead atoms. The van der Waals surface area contributed by atoms with Gasteiger partial charge in [0.1, 0.15) is 0 Å². The van der Waals surface area contributed by atoms with E-state index in [9.17, 15) is 14.7 Å². The maximum absolute atomic E-state index is 11.8. The van der Waals surface area contributed by atoms with Crippen molar-refractivity contribution in [3.05, 3.63) is 34.9 Å². The first-order valence-corrected chi connectivity index (χ1v) is 9.65. The van der Waals surface area contributed by atoms with Crippen molar-refractivity contribution >= 4 is 11.8 Å². The molecule has 0 heterocycles. The Morgan fingerprint density at radius 2 is 1.92 bits per heavy atom. The van der Waals surface area contributed by atoms with Crippen LogP contribution in [-0.4, -0.2) is 16.9 Å². The summed E-state index contributed by atoms with van der Waals surface area (Å²) in [5.74, 6) is 1.18. The molecule has 1 N–H and O–H groups in total. The summed E-state index contributed by atoms with van der Waals surface area (Å²) in [6.07, 6.45) is 12.2. The van der Waals surface area contributed by atoms with Gasteiger partial charge in [-0.2, -0.15) is 0 Å². The Balaban J connectivity index is 1.71. The van der Waals surface area contributed by atoms with Gasteiger partial charge >= 0.3 is 5.97 Å². The van der Waals surface area contributed by atoms with Crippen LogP contribution in [0.2, 0.25) is 0 Å². The first-order chi connectivity index (χ1) is 11.8. The third-order valence-electron chi connectivity index (χ3n) is 8.11. The van der Waals surface area contributed by atoms with Crippen molar-refractivity contribution in [1.29, 1.82) is 0 Å². The largest absolute Gasteiger partial charge is 0.478 e. The molecule has 0 amide bonds. The van der Waals surface area contributed by atoms with Crippen LogP contribution < -0.4 is 0 Å². The Bertz CT molecular complexity index is 740. The Morgan fingerprint density at radius 1 is 1.16 bits per heavy atom. The molecule has 4 aliphatic carbocycles. The van der Waals surface area contributed by atoms with Gasteiger partial charge in [0.25, 0.3) is 0 Å². The highest BCUT2D eigenvalue weighted by molar-refractivity contribution is 6.01. The van der Waals surface area contributed by atoms with E-state index in [1.807, 2.05) is 6.08 Å². The topological polar surface area (TPSA) is 54.4 Å². The standard InChI is InChI=1S/C22H28O3/c1-13(20(24)25)17-6-7-18-16-5-4-14-12-15(23)8-10-21(14,2)19(16)9-11-22(17,18)3/h8,10,12,16,18-19H,4-7,9,11H2,1-3H3,(H,24,25)/b17-13-/t16-,18-,19-,21-,22+/m0/s1. The molecular weight excluding hydrogens is 312 g/mol. The van der Waals surface area contributed by atoms with Crippen LogP contribution >= 0.6 is 0 Å². The highest BCUT2D eigenvalue weighted by Crippen LogP contribution is 2.66. The van der Waals surface area contributed by atoms with Crippen molar-refractivity contribution in [2.45, 2.75) is 59.3 Å². The second kappa shape index (κ2) is 5.43. The van der Waals surface area contributed by atoms with Crippen molar-refractivity contribution in [2.24, 2.45) is 28.6 Å². The number of carboxylic acids is 1. The number of carboxylic acid groups (broad SMARTS) is 1. The fraction of sp³-hybridized carbons (Fsp3) is 0.636. The number of hydrogen-bond donors (Lipinski definition) is 1. The maximum atomic E-state index is 11.8. The molecule has 3 nitrogen and oxygen atoms in total. The van der Waals surface area contributed by atoms with Gasteiger partial charge < -0.3 is 5.11 Å². The number of allylic oxidation sites excluding steroid dienone is 5. The Kier molecular flexibility index (Phi) is 3.65. The Hall–Kier alpha value is -1.64. The molecule has 3 fully saturated rings. The first kappa shape index (κ1) is 16.8. The summed E-state index contributed by atoms with van der Waals surface area (Å²) in [4.78, 5) is 23.4. The molecule has 25 heavy (non-hydrogen) atoms. The van der Waals surface area contributed by atoms with Crippen LogP contribution in [0.1, 0.15) is 59.3 Å². The molecule has 3 heteroatoms. The molecule has 4 rings (SSSR count). The lowest BCUT2D eigenvalue weighted by Crippen LogP contribution is -2.48. The number of fused-ring (bicyclic) bond motifs is 5. The Morgan fingerprint density at radius 3 is 2.64 bits per heavy atom. The lowest BCUT2D eigenvalue weighted by Gasteiger charge is -2.56. The van der Waals surface area contributed by atoms with Gasteiger partial charge in [-0.25, -0.2) is 4.79 Å². The number of carbonyl (C=O) groups excluding carboxylic acids is 1. The van der Waals surface area contributed by atoms with Crippen molar-refractivity contribution in [3.8, 4) is 0 Å². The van der Waals surface area contributed by atoms with Crippen LogP contribution in [0.25, 0.3) is 0 Å². The van der Waals surface area contributed by atoms with Crippen LogP contribution in [0.15, 0.2) is 34.9 Å². The molecule has 0 radical (unpaired) electrons. The van der Waals surface area contributed by atoms with Crippen LogP contribution in [0.3, 0.4) is 0 Å². The quantitative estimate of drug-likeness (QED) is 0.704. The average Bonchev–Trinajstić information content (AvgIpc) is 2.92. The molecule has 0 aromatic carbocycles. The first-order valence-electron chi connectivity index (χ1n) is 9.65. The average molecular weight is 340 g/mol. The lowest BCUT2D eigenvalue weighted by atomic mass is 9.48. The minimum atomic E-state index is -0.756. The van der Waals surface area contributed by atoms with Gasteiger partial charge in [0.15, 0.2) is 5.78 Å². The third kappa shape index (κ3) is 2.24. The summed E-state index contributed by atoms with van der Waals surface area (Å²) in [5, 5.41) is 9.49. The van der Waals surface area contributed by atoms with Crippen LogP contribution in [0.5, 0.6) is 0 Å². The van der Waals surface area contributed by atoms with Gasteiger partial charge in [0.05, 0.1) is 0 Å². The molecule has 4 aliphatic rings. The second-order valence-corrected chi connectivity index (χ2v) is 9.01. The summed E-state index contributed by atoms with van der Waals surface area (Å²) in [6, 6.07) is 0. The van der Waals surface area contributed by atoms with E-state index in [0.29, 0.717) is 23.3 Å². The van der Waals surface area contributed by atoms with E-state index in [-0.39, 0.29) is 16.6 Å². The molecule has 0 spiro atoms. The summed E-state index contributed by atoms with van der Waals surface area (Å²) in [6.45, 7) is 6.42. The minimum Gasteiger partial charge on any atom is -0.478 e. The number of carbonyl (C=O) groups is 2. The SMILES string of the molecule is C/C(C(=O)O)=C1\CC[C@H]2[C@@H]3CCC4=CC(=O)C=C[C@]4(C)[C@H]3CC[C@]12C. The normalized spacial score (nSPS) is 44.5. The molecule has 0 aromatic rings. The van der Waals surface area contributed by atoms with Gasteiger partial charge in [0, 0.05) is 11.0 Å². The van der Waals surface area contributed by atoms with E-state index >= 15 is 0 Å². The van der Waals surface area contributed by atoms with Crippen molar-refractivity contribution in [3.63, 3.8) is 0 Å². The van der Waals surface area contributed by atoms with Crippen molar-refractivity contribution in [1.82, 2.24) is 0 Å². The molecule has 3 saturated carbocycles. The molecule has 0 aromatic heterocycles. The molecule has 134 valence electrons. The second-order valence-electron chi connectivity index (χ2n) is 9.01. The van der Waals surface area contributed by atoms with E-state index < -0.39 is 5.97 Å². The van der Waals surface area contributed by atoms with Gasteiger partial charge in [-0.15, -0.1) is 0 Å². The highest BCUT2D eigenvalue weighted by atomic mass is 16.4. The van der Waals surface area contributed by atoms with Crippen molar-refractivity contribution in [2.75, 3.05) is 0 Å². The number of aliphatic carboxylic acids is 1. The van der Waals surface area contributed by atoms with Gasteiger partial charge in [-0.3, -0.25) is 4.79 Å². The van der Waals surface area contributed by atoms with E-state index in [0.717, 1.165) is 38.5 Å². The zero-order valence-electron chi connectivity index (χ0n) is 15.5. The molecule has 0 aliphatic heterocycles. The van der Waals surface area contributed by atoms with Crippen LogP contribution in [0, 0.1) is 28.6 Å². The van der Waals surface area contributed by atoms with E-state index in [2.05, 4.69) is 19.9 Å². The van der Waals surface area contributed by atoms with Gasteiger partial charge in [0.2, 0.25) is 0 Å². The van der Waals surface area contributed by atoms with E-state index in [1.54, 1.807) is 13.0 Å². The molecule has 5 atom stereocenters. The van der Waals surface area contributed by atoms with Crippen LogP contribution in [0.4, 0.5) is 0 Å². The summed E-state index contributed by atoms with van der Waals surface area (Å²) >= 11 is 0. The minimum absolute atomic E-state index is 0.0203. The summed E-state index contributed by atoms with van der Waals surface area (Å²) < 4.78 is 0. The van der Waals surface area contributed by atoms with Crippen LogP contribution in [-0.2, 0) is 9.59 Å². The predicted molar refractivity (Wildman–Crippen MR) is 97.0 cm³/mol.